The van der Waals surface area contributed by atoms with E-state index in [0.717, 1.165) is 32.8 Å². The second-order valence-corrected chi connectivity index (χ2v) is 5.37. The zero-order valence-corrected chi connectivity index (χ0v) is 12.8. The summed E-state index contributed by atoms with van der Waals surface area (Å²) in [5, 5.41) is 9.07. The zero-order chi connectivity index (χ0) is 14.3. The average Bonchev–Trinajstić information content (AvgIpc) is 2.92. The molecule has 1 N–H and O–H groups in total. The third-order valence-corrected chi connectivity index (χ3v) is 4.13. The van der Waals surface area contributed by atoms with Crippen LogP contribution in [-0.4, -0.2) is 26.2 Å². The van der Waals surface area contributed by atoms with E-state index in [1.165, 1.54) is 0 Å². The van der Waals surface area contributed by atoms with Gasteiger partial charge in [0.25, 0.3) is 0 Å². The van der Waals surface area contributed by atoms with E-state index in [4.69, 9.17) is 9.52 Å². The molecule has 3 rings (SSSR count). The fraction of sp³-hybridized carbons (Fsp3) is 0.286. The third kappa shape index (κ3) is 2.14. The summed E-state index contributed by atoms with van der Waals surface area (Å²) in [6.07, 6.45) is 0.527. The van der Waals surface area contributed by atoms with Crippen molar-refractivity contribution in [2.75, 3.05) is 6.61 Å². The Morgan fingerprint density at radius 1 is 1.35 bits per heavy atom. The van der Waals surface area contributed by atoms with Crippen molar-refractivity contribution in [3.05, 3.63) is 34.5 Å². The van der Waals surface area contributed by atoms with Gasteiger partial charge in [0.2, 0.25) is 0 Å². The van der Waals surface area contributed by atoms with Crippen molar-refractivity contribution in [2.45, 2.75) is 13.3 Å². The van der Waals surface area contributed by atoms with Crippen LogP contribution in [0.25, 0.3) is 22.4 Å². The lowest BCUT2D eigenvalue weighted by Gasteiger charge is -1.99. The highest BCUT2D eigenvalue weighted by atomic mass is 79.9. The van der Waals surface area contributed by atoms with Gasteiger partial charge in [-0.25, -0.2) is 9.97 Å². The summed E-state index contributed by atoms with van der Waals surface area (Å²) < 4.78 is 8.37. The van der Waals surface area contributed by atoms with Crippen LogP contribution in [0.15, 0.2) is 27.2 Å². The standard InChI is InChI=1S/C14H14BrN3O2/c1-8-16-10-4-3-9(7-11(10)20-8)13-14(15)18(2)12(17-13)5-6-19/h3-4,7,19H,5-6H2,1-2H3. The normalized spacial score (nSPS) is 11.4. The monoisotopic (exact) mass is 335 g/mol. The highest BCUT2D eigenvalue weighted by Crippen LogP contribution is 2.30. The van der Waals surface area contributed by atoms with E-state index in [9.17, 15) is 0 Å². The summed E-state index contributed by atoms with van der Waals surface area (Å²) in [4.78, 5) is 8.86. The smallest absolute Gasteiger partial charge is 0.192 e. The summed E-state index contributed by atoms with van der Waals surface area (Å²) in [5.74, 6) is 1.49. The molecule has 0 aliphatic carbocycles. The van der Waals surface area contributed by atoms with Gasteiger partial charge in [0.05, 0.1) is 6.61 Å². The van der Waals surface area contributed by atoms with Crippen molar-refractivity contribution in [3.63, 3.8) is 0 Å². The molecule has 2 heterocycles. The molecule has 0 atom stereocenters. The van der Waals surface area contributed by atoms with E-state index in [1.54, 1.807) is 0 Å². The van der Waals surface area contributed by atoms with Gasteiger partial charge in [-0.3, -0.25) is 0 Å². The van der Waals surface area contributed by atoms with E-state index < -0.39 is 0 Å². The first kappa shape index (κ1) is 13.3. The molecule has 0 aliphatic rings. The van der Waals surface area contributed by atoms with Crippen molar-refractivity contribution in [2.24, 2.45) is 7.05 Å². The summed E-state index contributed by atoms with van der Waals surface area (Å²) in [5.41, 5.74) is 3.39. The van der Waals surface area contributed by atoms with Gasteiger partial charge >= 0.3 is 0 Å². The van der Waals surface area contributed by atoms with Crippen LogP contribution in [0, 0.1) is 6.92 Å². The Bertz CT molecular complexity index is 776. The lowest BCUT2D eigenvalue weighted by Crippen LogP contribution is -2.00. The van der Waals surface area contributed by atoms with Crippen molar-refractivity contribution >= 4 is 27.0 Å². The molecule has 6 heteroatoms. The van der Waals surface area contributed by atoms with Crippen LogP contribution < -0.4 is 0 Å². The molecule has 1 aromatic carbocycles. The topological polar surface area (TPSA) is 64.1 Å². The number of imidazole rings is 1. The molecule has 0 radical (unpaired) electrons. The van der Waals surface area contributed by atoms with E-state index in [-0.39, 0.29) is 6.61 Å². The first-order valence-corrected chi connectivity index (χ1v) is 7.09. The van der Waals surface area contributed by atoms with E-state index in [2.05, 4.69) is 25.9 Å². The van der Waals surface area contributed by atoms with Crippen molar-refractivity contribution in [3.8, 4) is 11.3 Å². The van der Waals surface area contributed by atoms with Crippen LogP contribution in [0.1, 0.15) is 11.7 Å². The van der Waals surface area contributed by atoms with Crippen LogP contribution in [0.2, 0.25) is 0 Å². The molecule has 0 aliphatic heterocycles. The molecule has 0 saturated carbocycles. The summed E-state index contributed by atoms with van der Waals surface area (Å²) in [6.45, 7) is 1.91. The fourth-order valence-electron chi connectivity index (χ4n) is 2.22. The molecule has 0 saturated heterocycles. The number of aliphatic hydroxyl groups excluding tert-OH is 1. The van der Waals surface area contributed by atoms with Gasteiger partial charge in [-0.2, -0.15) is 0 Å². The minimum atomic E-state index is 0.0804. The average molecular weight is 336 g/mol. The van der Waals surface area contributed by atoms with Gasteiger partial charge in [-0.05, 0) is 28.1 Å². The molecule has 0 amide bonds. The molecule has 2 aromatic heterocycles. The van der Waals surface area contributed by atoms with E-state index in [0.29, 0.717) is 12.3 Å². The summed E-state index contributed by atoms with van der Waals surface area (Å²) in [7, 11) is 1.92. The Morgan fingerprint density at radius 2 is 2.15 bits per heavy atom. The minimum absolute atomic E-state index is 0.0804. The van der Waals surface area contributed by atoms with Crippen LogP contribution in [0.4, 0.5) is 0 Å². The fourth-order valence-corrected chi connectivity index (χ4v) is 2.74. The highest BCUT2D eigenvalue weighted by Gasteiger charge is 2.15. The minimum Gasteiger partial charge on any atom is -0.441 e. The predicted octanol–water partition coefficient (Wildman–Crippen LogP) is 2.83. The summed E-state index contributed by atoms with van der Waals surface area (Å²) >= 11 is 3.55. The van der Waals surface area contributed by atoms with Crippen molar-refractivity contribution in [1.29, 1.82) is 0 Å². The first-order chi connectivity index (χ1) is 9.60. The number of oxazole rings is 1. The molecule has 3 aromatic rings. The summed E-state index contributed by atoms with van der Waals surface area (Å²) in [6, 6.07) is 5.83. The van der Waals surface area contributed by atoms with Crippen LogP contribution in [0.3, 0.4) is 0 Å². The maximum Gasteiger partial charge on any atom is 0.192 e. The molecule has 0 unspecified atom stereocenters. The van der Waals surface area contributed by atoms with Crippen LogP contribution in [-0.2, 0) is 13.5 Å². The number of aromatic nitrogens is 3. The molecule has 0 spiro atoms. The van der Waals surface area contributed by atoms with Gasteiger partial charge in [-0.1, -0.05) is 6.07 Å². The van der Waals surface area contributed by atoms with E-state index >= 15 is 0 Å². The van der Waals surface area contributed by atoms with Gasteiger partial charge in [0.15, 0.2) is 11.5 Å². The molecule has 104 valence electrons. The molecular formula is C14H14BrN3O2. The number of nitrogens with zero attached hydrogens (tertiary/aromatic N) is 3. The Labute approximate surface area is 124 Å². The second-order valence-electron chi connectivity index (χ2n) is 4.62. The zero-order valence-electron chi connectivity index (χ0n) is 11.2. The first-order valence-electron chi connectivity index (χ1n) is 6.29. The Morgan fingerprint density at radius 3 is 2.90 bits per heavy atom. The Hall–Kier alpha value is -1.66. The Balaban J connectivity index is 2.12. The third-order valence-electron chi connectivity index (χ3n) is 3.22. The largest absolute Gasteiger partial charge is 0.441 e. The number of aryl methyl sites for hydroxylation is 1. The maximum absolute atomic E-state index is 9.07. The number of fused-ring (bicyclic) bond motifs is 1. The molecule has 20 heavy (non-hydrogen) atoms. The number of halogens is 1. The quantitative estimate of drug-likeness (QED) is 0.799. The molecular weight excluding hydrogens is 322 g/mol. The highest BCUT2D eigenvalue weighted by molar-refractivity contribution is 9.10. The Kier molecular flexibility index (Phi) is 3.35. The lowest BCUT2D eigenvalue weighted by atomic mass is 10.1. The van der Waals surface area contributed by atoms with Crippen LogP contribution >= 0.6 is 15.9 Å². The molecule has 5 nitrogen and oxygen atoms in total. The van der Waals surface area contributed by atoms with Gasteiger partial charge in [0.1, 0.15) is 21.6 Å². The number of hydrogen-bond acceptors (Lipinski definition) is 4. The van der Waals surface area contributed by atoms with Crippen LogP contribution in [0.5, 0.6) is 0 Å². The molecule has 0 fully saturated rings. The van der Waals surface area contributed by atoms with Gasteiger partial charge < -0.3 is 14.1 Å². The lowest BCUT2D eigenvalue weighted by molar-refractivity contribution is 0.295. The van der Waals surface area contributed by atoms with Gasteiger partial charge in [0, 0.05) is 26.0 Å². The number of benzene rings is 1. The number of hydrogen-bond donors (Lipinski definition) is 1. The molecule has 0 bridgehead atoms. The van der Waals surface area contributed by atoms with E-state index in [1.807, 2.05) is 36.7 Å². The maximum atomic E-state index is 9.07. The predicted molar refractivity (Wildman–Crippen MR) is 79.4 cm³/mol. The second kappa shape index (κ2) is 5.03. The van der Waals surface area contributed by atoms with Crippen molar-refractivity contribution < 1.29 is 9.52 Å². The van der Waals surface area contributed by atoms with Crippen molar-refractivity contribution in [1.82, 2.24) is 14.5 Å². The van der Waals surface area contributed by atoms with Gasteiger partial charge in [-0.15, -0.1) is 0 Å². The SMILES string of the molecule is Cc1nc2ccc(-c3nc(CCO)n(C)c3Br)cc2o1. The number of rotatable bonds is 3. The number of aliphatic hydroxyl groups is 1.